The highest BCUT2D eigenvalue weighted by molar-refractivity contribution is 5.96. The highest BCUT2D eigenvalue weighted by atomic mass is 16.2. The first-order valence-electron chi connectivity index (χ1n) is 10.7. The molecule has 8 nitrogen and oxygen atoms in total. The Kier molecular flexibility index (Phi) is 5.04. The second-order valence-electron chi connectivity index (χ2n) is 8.52. The Bertz CT molecular complexity index is 1180. The molecule has 1 amide bonds. The molecule has 0 spiro atoms. The van der Waals surface area contributed by atoms with Crippen LogP contribution in [0.3, 0.4) is 0 Å². The molecule has 2 aliphatic rings. The van der Waals surface area contributed by atoms with E-state index in [0.29, 0.717) is 30.3 Å². The number of anilines is 1. The Morgan fingerprint density at radius 2 is 2.23 bits per heavy atom. The van der Waals surface area contributed by atoms with Crippen LogP contribution in [-0.2, 0) is 13.0 Å². The van der Waals surface area contributed by atoms with Gasteiger partial charge in [-0.25, -0.2) is 0 Å². The second-order valence-corrected chi connectivity index (χ2v) is 8.52. The van der Waals surface area contributed by atoms with Crippen molar-refractivity contribution >= 4 is 22.5 Å². The smallest absolute Gasteiger partial charge is 0.272 e. The molecule has 2 aliphatic heterocycles. The van der Waals surface area contributed by atoms with Crippen LogP contribution >= 0.6 is 0 Å². The zero-order chi connectivity index (χ0) is 21.4. The third-order valence-corrected chi connectivity index (χ3v) is 6.22. The minimum Gasteiger partial charge on any atom is -0.369 e. The maximum atomic E-state index is 13.0. The molecule has 1 aromatic carbocycles. The SMILES string of the molecule is C[C@H]1C[C@@H](NC(=O)c2n[nH]c3c2CNCC3)CN(c2ccc(C#N)c3ncccc23)C1. The fourth-order valence-electron chi connectivity index (χ4n) is 4.84. The maximum Gasteiger partial charge on any atom is 0.272 e. The topological polar surface area (TPSA) is 110 Å². The summed E-state index contributed by atoms with van der Waals surface area (Å²) in [5.41, 5.74) is 4.88. The number of nitrogens with one attached hydrogen (secondary N) is 3. The third-order valence-electron chi connectivity index (χ3n) is 6.22. The van der Waals surface area contributed by atoms with Crippen molar-refractivity contribution in [2.75, 3.05) is 24.5 Å². The van der Waals surface area contributed by atoms with Gasteiger partial charge in [0.1, 0.15) is 6.07 Å². The highest BCUT2D eigenvalue weighted by Crippen LogP contribution is 2.31. The van der Waals surface area contributed by atoms with Gasteiger partial charge in [0, 0.05) is 67.2 Å². The van der Waals surface area contributed by atoms with E-state index in [4.69, 9.17) is 0 Å². The number of H-pyrrole nitrogens is 1. The second kappa shape index (κ2) is 8.00. The maximum absolute atomic E-state index is 13.0. The largest absolute Gasteiger partial charge is 0.369 e. The van der Waals surface area contributed by atoms with Crippen LogP contribution in [0.25, 0.3) is 10.9 Å². The van der Waals surface area contributed by atoms with E-state index < -0.39 is 0 Å². The fraction of sp³-hybridized carbons (Fsp3) is 0.391. The zero-order valence-corrected chi connectivity index (χ0v) is 17.5. The molecule has 1 fully saturated rings. The Hall–Kier alpha value is -3.44. The number of carbonyl (C=O) groups is 1. The molecule has 0 radical (unpaired) electrons. The van der Waals surface area contributed by atoms with Crippen LogP contribution in [0, 0.1) is 17.2 Å². The predicted molar refractivity (Wildman–Crippen MR) is 118 cm³/mol. The minimum absolute atomic E-state index is 0.0162. The van der Waals surface area contributed by atoms with Crippen LogP contribution in [0.5, 0.6) is 0 Å². The lowest BCUT2D eigenvalue weighted by atomic mass is 9.94. The van der Waals surface area contributed by atoms with Crippen LogP contribution in [0.1, 0.15) is 40.7 Å². The number of fused-ring (bicyclic) bond motifs is 2. The van der Waals surface area contributed by atoms with Gasteiger partial charge < -0.3 is 15.5 Å². The molecule has 3 aromatic rings. The fourth-order valence-corrected chi connectivity index (χ4v) is 4.84. The van der Waals surface area contributed by atoms with Gasteiger partial charge in [0.05, 0.1) is 11.1 Å². The lowest BCUT2D eigenvalue weighted by molar-refractivity contribution is 0.0922. The van der Waals surface area contributed by atoms with E-state index in [1.807, 2.05) is 24.3 Å². The van der Waals surface area contributed by atoms with E-state index >= 15 is 0 Å². The van der Waals surface area contributed by atoms with E-state index in [2.05, 4.69) is 43.7 Å². The number of hydrogen-bond donors (Lipinski definition) is 3. The van der Waals surface area contributed by atoms with Crippen molar-refractivity contribution in [3.05, 3.63) is 53.0 Å². The molecule has 0 aliphatic carbocycles. The normalized spacial score (nSPS) is 20.8. The van der Waals surface area contributed by atoms with E-state index in [1.165, 1.54) is 0 Å². The molecule has 0 unspecified atom stereocenters. The van der Waals surface area contributed by atoms with Gasteiger partial charge in [0.2, 0.25) is 0 Å². The summed E-state index contributed by atoms with van der Waals surface area (Å²) in [6, 6.07) is 9.98. The lowest BCUT2D eigenvalue weighted by Gasteiger charge is -2.38. The number of aromatic nitrogens is 3. The van der Waals surface area contributed by atoms with Gasteiger partial charge in [-0.2, -0.15) is 10.4 Å². The van der Waals surface area contributed by atoms with Crippen LogP contribution in [0.2, 0.25) is 0 Å². The summed E-state index contributed by atoms with van der Waals surface area (Å²) in [6.07, 6.45) is 3.50. The number of amides is 1. The molecule has 0 bridgehead atoms. The zero-order valence-electron chi connectivity index (χ0n) is 17.5. The first-order chi connectivity index (χ1) is 15.1. The molecule has 5 rings (SSSR count). The molecule has 0 saturated carbocycles. The van der Waals surface area contributed by atoms with E-state index in [-0.39, 0.29) is 11.9 Å². The van der Waals surface area contributed by atoms with Crippen molar-refractivity contribution in [1.29, 1.82) is 5.26 Å². The molecule has 8 heteroatoms. The Morgan fingerprint density at radius 3 is 3.10 bits per heavy atom. The quantitative estimate of drug-likeness (QED) is 0.605. The number of nitriles is 1. The summed E-state index contributed by atoms with van der Waals surface area (Å²) in [5, 5.41) is 24.2. The predicted octanol–water partition coefficient (Wildman–Crippen LogP) is 2.12. The first-order valence-corrected chi connectivity index (χ1v) is 10.7. The number of benzene rings is 1. The van der Waals surface area contributed by atoms with Gasteiger partial charge in [-0.3, -0.25) is 14.9 Å². The number of pyridine rings is 1. The Morgan fingerprint density at radius 1 is 1.32 bits per heavy atom. The summed E-state index contributed by atoms with van der Waals surface area (Å²) in [5.74, 6) is 0.294. The van der Waals surface area contributed by atoms with Gasteiger partial charge in [0.15, 0.2) is 5.69 Å². The monoisotopic (exact) mass is 415 g/mol. The minimum atomic E-state index is -0.119. The average molecular weight is 416 g/mol. The van der Waals surface area contributed by atoms with Crippen LogP contribution in [-0.4, -0.2) is 46.8 Å². The van der Waals surface area contributed by atoms with Gasteiger partial charge in [-0.1, -0.05) is 6.92 Å². The summed E-state index contributed by atoms with van der Waals surface area (Å²) in [7, 11) is 0. The summed E-state index contributed by atoms with van der Waals surface area (Å²) in [6.45, 7) is 5.38. The Balaban J connectivity index is 1.39. The number of nitrogens with zero attached hydrogens (tertiary/aromatic N) is 4. The summed E-state index contributed by atoms with van der Waals surface area (Å²) in [4.78, 5) is 19.7. The highest BCUT2D eigenvalue weighted by Gasteiger charge is 2.29. The average Bonchev–Trinajstić information content (AvgIpc) is 3.22. The van der Waals surface area contributed by atoms with Gasteiger partial charge >= 0.3 is 0 Å². The molecule has 2 aromatic heterocycles. The van der Waals surface area contributed by atoms with Gasteiger partial charge in [-0.05, 0) is 36.6 Å². The summed E-state index contributed by atoms with van der Waals surface area (Å²) < 4.78 is 0. The number of aromatic amines is 1. The molecule has 3 N–H and O–H groups in total. The lowest BCUT2D eigenvalue weighted by Crippen LogP contribution is -2.50. The first kappa shape index (κ1) is 19.5. The molecular formula is C23H25N7O. The molecular weight excluding hydrogens is 390 g/mol. The van der Waals surface area contributed by atoms with E-state index in [1.54, 1.807) is 6.20 Å². The molecule has 4 heterocycles. The van der Waals surface area contributed by atoms with E-state index in [9.17, 15) is 10.1 Å². The van der Waals surface area contributed by atoms with Crippen molar-refractivity contribution in [3.8, 4) is 6.07 Å². The van der Waals surface area contributed by atoms with Gasteiger partial charge in [0.25, 0.3) is 5.91 Å². The Labute approximate surface area is 180 Å². The van der Waals surface area contributed by atoms with Crippen molar-refractivity contribution in [1.82, 2.24) is 25.8 Å². The van der Waals surface area contributed by atoms with Crippen molar-refractivity contribution in [2.45, 2.75) is 32.4 Å². The standard InChI is InChI=1S/C23H25N7O/c1-14-9-16(27-23(31)22-18-11-25-8-6-19(18)28-29-22)13-30(12-14)20-5-4-15(10-24)21-17(20)3-2-7-26-21/h2-5,7,14,16,25H,6,8-9,11-13H2,1H3,(H,27,31)(H,28,29)/t14-,16+/m0/s1. The molecule has 2 atom stereocenters. The van der Waals surface area contributed by atoms with Crippen molar-refractivity contribution in [2.24, 2.45) is 5.92 Å². The van der Waals surface area contributed by atoms with E-state index in [0.717, 1.165) is 53.8 Å². The van der Waals surface area contributed by atoms with Gasteiger partial charge in [-0.15, -0.1) is 0 Å². The van der Waals surface area contributed by atoms with Crippen molar-refractivity contribution in [3.63, 3.8) is 0 Å². The van der Waals surface area contributed by atoms with Crippen molar-refractivity contribution < 1.29 is 4.79 Å². The number of piperidine rings is 1. The third kappa shape index (κ3) is 3.62. The number of hydrogen-bond acceptors (Lipinski definition) is 6. The van der Waals surface area contributed by atoms with Crippen LogP contribution in [0.4, 0.5) is 5.69 Å². The number of rotatable bonds is 3. The van der Waals surface area contributed by atoms with Crippen LogP contribution < -0.4 is 15.5 Å². The molecule has 158 valence electrons. The van der Waals surface area contributed by atoms with Crippen LogP contribution in [0.15, 0.2) is 30.5 Å². The summed E-state index contributed by atoms with van der Waals surface area (Å²) >= 11 is 0. The molecule has 31 heavy (non-hydrogen) atoms. The number of carbonyl (C=O) groups excluding carboxylic acids is 1. The molecule has 1 saturated heterocycles.